The Kier molecular flexibility index (Phi) is 5.10. The van der Waals surface area contributed by atoms with Crippen LogP contribution in [0.1, 0.15) is 35.2 Å². The molecule has 3 aliphatic rings. The number of pyridine rings is 1. The van der Waals surface area contributed by atoms with E-state index in [0.29, 0.717) is 16.8 Å². The molecule has 10 nitrogen and oxygen atoms in total. The molecule has 2 unspecified atom stereocenters. The van der Waals surface area contributed by atoms with Crippen LogP contribution in [0.15, 0.2) is 47.9 Å². The minimum atomic E-state index is -2.80. The van der Waals surface area contributed by atoms with Gasteiger partial charge in [-0.3, -0.25) is 19.4 Å². The highest BCUT2D eigenvalue weighted by Crippen LogP contribution is 2.56. The lowest BCUT2D eigenvalue weighted by molar-refractivity contribution is -0.179. The molecule has 0 bridgehead atoms. The zero-order chi connectivity index (χ0) is 25.4. The molecular weight excluding hydrogens is 456 g/mol. The Bertz CT molecular complexity index is 1310. The SMILES string of the molecule is C[C@H]1c2c(-c3ccccn3)ccc(O)c2C(=O)C2=C(O)[C@]3(O)C(=O)C(C(N)=O)C(O)C[C@@H]3[C@@H](O)[C@@H]21. The number of amides is 1. The Labute approximate surface area is 199 Å². The Balaban J connectivity index is 1.76. The van der Waals surface area contributed by atoms with Crippen LogP contribution in [0.2, 0.25) is 0 Å². The summed E-state index contributed by atoms with van der Waals surface area (Å²) in [7, 11) is 0. The summed E-state index contributed by atoms with van der Waals surface area (Å²) in [5.41, 5.74) is 3.36. The third-order valence-electron chi connectivity index (χ3n) is 7.74. The number of Topliss-reactive ketones (excluding diaryl/α,β-unsaturated/α-hetero) is 2. The van der Waals surface area contributed by atoms with Crippen molar-refractivity contribution in [1.82, 2.24) is 4.98 Å². The van der Waals surface area contributed by atoms with Gasteiger partial charge in [0.1, 0.15) is 17.4 Å². The van der Waals surface area contributed by atoms with Crippen LogP contribution in [0.25, 0.3) is 11.3 Å². The van der Waals surface area contributed by atoms with E-state index in [2.05, 4.69) is 4.98 Å². The molecular formula is C25H24N2O8. The van der Waals surface area contributed by atoms with Crippen LogP contribution in [-0.4, -0.2) is 65.8 Å². The first kappa shape index (κ1) is 23.2. The summed E-state index contributed by atoms with van der Waals surface area (Å²) in [6, 6.07) is 8.12. The maximum atomic E-state index is 13.7. The van der Waals surface area contributed by atoms with Crippen molar-refractivity contribution in [2.75, 3.05) is 0 Å². The number of aromatic nitrogens is 1. The molecule has 0 radical (unpaired) electrons. The van der Waals surface area contributed by atoms with Crippen LogP contribution in [0, 0.1) is 17.8 Å². The fourth-order valence-electron chi connectivity index (χ4n) is 6.13. The Morgan fingerprint density at radius 3 is 2.49 bits per heavy atom. The van der Waals surface area contributed by atoms with E-state index >= 15 is 0 Å². The number of aliphatic hydroxyl groups excluding tert-OH is 3. The number of aliphatic hydroxyl groups is 4. The lowest BCUT2D eigenvalue weighted by Gasteiger charge is -2.52. The first-order valence-electron chi connectivity index (χ1n) is 11.2. The van der Waals surface area contributed by atoms with Crippen molar-refractivity contribution in [2.45, 2.75) is 37.1 Å². The minimum absolute atomic E-state index is 0.137. The molecule has 0 aliphatic heterocycles. The second-order valence-electron chi connectivity index (χ2n) is 9.45. The zero-order valence-electron chi connectivity index (χ0n) is 18.6. The molecule has 7 atom stereocenters. The largest absolute Gasteiger partial charge is 0.508 e. The molecule has 3 aliphatic carbocycles. The predicted octanol–water partition coefficient (Wildman–Crippen LogP) is 0.339. The van der Waals surface area contributed by atoms with E-state index in [4.69, 9.17) is 5.73 Å². The van der Waals surface area contributed by atoms with Crippen molar-refractivity contribution >= 4 is 17.5 Å². The summed E-state index contributed by atoms with van der Waals surface area (Å²) in [5.74, 6) is -9.69. The lowest BCUT2D eigenvalue weighted by atomic mass is 9.54. The number of phenolic OH excluding ortho intramolecular Hbond substituents is 1. The number of nitrogens with two attached hydrogens (primary N) is 1. The average Bonchev–Trinajstić information content (AvgIpc) is 2.82. The number of phenols is 1. The van der Waals surface area contributed by atoms with Crippen molar-refractivity contribution in [3.63, 3.8) is 0 Å². The smallest absolute Gasteiger partial charge is 0.230 e. The van der Waals surface area contributed by atoms with Gasteiger partial charge in [0.2, 0.25) is 5.91 Å². The molecule has 1 saturated carbocycles. The van der Waals surface area contributed by atoms with E-state index in [1.54, 1.807) is 37.4 Å². The van der Waals surface area contributed by atoms with Crippen molar-refractivity contribution < 1.29 is 39.9 Å². The molecule has 10 heteroatoms. The summed E-state index contributed by atoms with van der Waals surface area (Å²) in [5, 5.41) is 55.0. The van der Waals surface area contributed by atoms with Gasteiger partial charge < -0.3 is 31.3 Å². The van der Waals surface area contributed by atoms with Gasteiger partial charge in [-0.05, 0) is 42.2 Å². The first-order valence-corrected chi connectivity index (χ1v) is 11.2. The van der Waals surface area contributed by atoms with Crippen LogP contribution in [0.5, 0.6) is 5.75 Å². The number of primary amides is 1. The Hall–Kier alpha value is -3.60. The highest BCUT2D eigenvalue weighted by molar-refractivity contribution is 6.16. The molecule has 1 fully saturated rings. The number of nitrogens with zero attached hydrogens (tertiary/aromatic N) is 1. The average molecular weight is 480 g/mol. The third-order valence-corrected chi connectivity index (χ3v) is 7.74. The molecule has 0 spiro atoms. The molecule has 0 saturated heterocycles. The molecule has 182 valence electrons. The van der Waals surface area contributed by atoms with Crippen LogP contribution in [0.3, 0.4) is 0 Å². The van der Waals surface area contributed by atoms with Gasteiger partial charge in [-0.15, -0.1) is 0 Å². The maximum Gasteiger partial charge on any atom is 0.230 e. The van der Waals surface area contributed by atoms with Gasteiger partial charge in [-0.1, -0.05) is 13.0 Å². The summed E-state index contributed by atoms with van der Waals surface area (Å²) in [6.07, 6.45) is -1.97. The van der Waals surface area contributed by atoms with Gasteiger partial charge in [0, 0.05) is 29.2 Å². The second-order valence-corrected chi connectivity index (χ2v) is 9.45. The van der Waals surface area contributed by atoms with E-state index in [1.807, 2.05) is 0 Å². The number of fused-ring (bicyclic) bond motifs is 3. The maximum absolute atomic E-state index is 13.7. The highest BCUT2D eigenvalue weighted by atomic mass is 16.4. The summed E-state index contributed by atoms with van der Waals surface area (Å²) in [6.45, 7) is 1.69. The van der Waals surface area contributed by atoms with E-state index < -0.39 is 76.7 Å². The number of rotatable bonds is 2. The summed E-state index contributed by atoms with van der Waals surface area (Å²) >= 11 is 0. The predicted molar refractivity (Wildman–Crippen MR) is 120 cm³/mol. The van der Waals surface area contributed by atoms with Crippen molar-refractivity contribution in [2.24, 2.45) is 23.5 Å². The van der Waals surface area contributed by atoms with Crippen LogP contribution in [0.4, 0.5) is 0 Å². The minimum Gasteiger partial charge on any atom is -0.508 e. The van der Waals surface area contributed by atoms with Gasteiger partial charge >= 0.3 is 0 Å². The number of hydrogen-bond acceptors (Lipinski definition) is 9. The van der Waals surface area contributed by atoms with E-state index in [0.717, 1.165) is 0 Å². The first-order chi connectivity index (χ1) is 16.5. The lowest BCUT2D eigenvalue weighted by Crippen LogP contribution is -2.67. The Morgan fingerprint density at radius 1 is 1.14 bits per heavy atom. The third kappa shape index (κ3) is 2.94. The van der Waals surface area contributed by atoms with Crippen molar-refractivity contribution in [3.05, 3.63) is 59.0 Å². The number of benzene rings is 1. The van der Waals surface area contributed by atoms with Crippen LogP contribution >= 0.6 is 0 Å². The highest BCUT2D eigenvalue weighted by Gasteiger charge is 2.66. The monoisotopic (exact) mass is 480 g/mol. The van der Waals surface area contributed by atoms with Gasteiger partial charge in [0.05, 0.1) is 23.5 Å². The van der Waals surface area contributed by atoms with E-state index in [-0.39, 0.29) is 11.3 Å². The molecule has 1 aromatic heterocycles. The number of ketones is 2. The number of aromatic hydroxyl groups is 1. The van der Waals surface area contributed by atoms with E-state index in [1.165, 1.54) is 6.07 Å². The summed E-state index contributed by atoms with van der Waals surface area (Å²) in [4.78, 5) is 43.0. The molecule has 7 N–H and O–H groups in total. The number of carbonyl (C=O) groups is 3. The molecule has 1 heterocycles. The quantitative estimate of drug-likeness (QED) is 0.329. The van der Waals surface area contributed by atoms with Crippen LogP contribution in [-0.2, 0) is 9.59 Å². The van der Waals surface area contributed by atoms with Gasteiger partial charge in [0.25, 0.3) is 0 Å². The van der Waals surface area contributed by atoms with Gasteiger partial charge in [-0.2, -0.15) is 0 Å². The fraction of sp³-hybridized carbons (Fsp3) is 0.360. The molecule has 1 aromatic carbocycles. The normalized spacial score (nSPS) is 34.2. The van der Waals surface area contributed by atoms with Gasteiger partial charge in [0.15, 0.2) is 17.2 Å². The molecule has 2 aromatic rings. The zero-order valence-corrected chi connectivity index (χ0v) is 18.6. The number of carbonyl (C=O) groups excluding carboxylic acids is 3. The molecule has 1 amide bonds. The standard InChI is InChI=1S/C25H24N2O8/c1-9-15-10(12-4-2-3-7-27-12)5-6-13(28)17(15)21(31)19-16(9)20(30)11-8-14(29)18(24(26)34)22(32)25(11,35)23(19)33/h2-7,9,11,14,16,18,20,28-30,33,35H,8H2,1H3,(H2,26,34)/t9-,11+,14?,16+,18?,20+,25+/m0/s1. The number of hydrogen-bond donors (Lipinski definition) is 6. The fourth-order valence-corrected chi connectivity index (χ4v) is 6.13. The van der Waals surface area contributed by atoms with Crippen LogP contribution < -0.4 is 5.73 Å². The molecule has 35 heavy (non-hydrogen) atoms. The molecule has 5 rings (SSSR count). The Morgan fingerprint density at radius 2 is 1.86 bits per heavy atom. The summed E-state index contributed by atoms with van der Waals surface area (Å²) < 4.78 is 0. The van der Waals surface area contributed by atoms with Gasteiger partial charge in [-0.25, -0.2) is 0 Å². The van der Waals surface area contributed by atoms with Crippen molar-refractivity contribution in [1.29, 1.82) is 0 Å². The topological polar surface area (TPSA) is 191 Å². The van der Waals surface area contributed by atoms with E-state index in [9.17, 15) is 39.9 Å². The van der Waals surface area contributed by atoms with Crippen molar-refractivity contribution in [3.8, 4) is 17.0 Å². The second kappa shape index (κ2) is 7.70.